The third-order valence-corrected chi connectivity index (χ3v) is 4.15. The first-order chi connectivity index (χ1) is 10.2. The molecule has 21 heavy (non-hydrogen) atoms. The van der Waals surface area contributed by atoms with Gasteiger partial charge in [0.2, 0.25) is 0 Å². The lowest BCUT2D eigenvalue weighted by molar-refractivity contribution is 0.0696. The van der Waals surface area contributed by atoms with E-state index in [-0.39, 0.29) is 0 Å². The standard InChI is InChI=1S/C15H18N4O2/c1-10-9-12(7-8-13(10)15(20)21)19-14(16-17-18-19)11-5-3-2-4-6-11/h7-9,11H,2-6H2,1H3,(H,20,21). The van der Waals surface area contributed by atoms with Crippen LogP contribution in [0, 0.1) is 6.92 Å². The monoisotopic (exact) mass is 286 g/mol. The van der Waals surface area contributed by atoms with E-state index in [0.29, 0.717) is 17.0 Å². The molecule has 0 bridgehead atoms. The number of aryl methyl sites for hydroxylation is 1. The zero-order chi connectivity index (χ0) is 14.8. The van der Waals surface area contributed by atoms with Gasteiger partial charge in [-0.3, -0.25) is 0 Å². The molecule has 1 aliphatic carbocycles. The van der Waals surface area contributed by atoms with Crippen molar-refractivity contribution in [2.75, 3.05) is 0 Å². The van der Waals surface area contributed by atoms with E-state index in [1.165, 1.54) is 19.3 Å². The van der Waals surface area contributed by atoms with Crippen molar-refractivity contribution in [3.05, 3.63) is 35.2 Å². The summed E-state index contributed by atoms with van der Waals surface area (Å²) in [4.78, 5) is 11.1. The second-order valence-electron chi connectivity index (χ2n) is 5.59. The summed E-state index contributed by atoms with van der Waals surface area (Å²) < 4.78 is 1.74. The second-order valence-corrected chi connectivity index (χ2v) is 5.59. The van der Waals surface area contributed by atoms with Crippen LogP contribution in [0.5, 0.6) is 0 Å². The first-order valence-electron chi connectivity index (χ1n) is 7.29. The zero-order valence-electron chi connectivity index (χ0n) is 12.0. The smallest absolute Gasteiger partial charge is 0.335 e. The van der Waals surface area contributed by atoms with Crippen molar-refractivity contribution in [1.29, 1.82) is 0 Å². The highest BCUT2D eigenvalue weighted by Gasteiger charge is 2.22. The van der Waals surface area contributed by atoms with E-state index < -0.39 is 5.97 Å². The van der Waals surface area contributed by atoms with Crippen molar-refractivity contribution < 1.29 is 9.90 Å². The van der Waals surface area contributed by atoms with Crippen LogP contribution in [0.25, 0.3) is 5.69 Å². The second kappa shape index (κ2) is 5.63. The van der Waals surface area contributed by atoms with Crippen molar-refractivity contribution in [3.63, 3.8) is 0 Å². The van der Waals surface area contributed by atoms with Crippen LogP contribution in [0.3, 0.4) is 0 Å². The Morgan fingerprint density at radius 2 is 2.05 bits per heavy atom. The van der Waals surface area contributed by atoms with Crippen molar-refractivity contribution in [3.8, 4) is 5.69 Å². The lowest BCUT2D eigenvalue weighted by Crippen LogP contribution is -2.12. The van der Waals surface area contributed by atoms with Gasteiger partial charge in [-0.1, -0.05) is 19.3 Å². The van der Waals surface area contributed by atoms with Gasteiger partial charge in [0.25, 0.3) is 0 Å². The predicted molar refractivity (Wildman–Crippen MR) is 76.7 cm³/mol. The van der Waals surface area contributed by atoms with E-state index in [1.54, 1.807) is 23.7 Å². The first kappa shape index (κ1) is 13.7. The number of carbonyl (C=O) groups is 1. The Hall–Kier alpha value is -2.24. The SMILES string of the molecule is Cc1cc(-n2nnnc2C2CCCCC2)ccc1C(=O)O. The highest BCUT2D eigenvalue weighted by Crippen LogP contribution is 2.32. The predicted octanol–water partition coefficient (Wildman–Crippen LogP) is 2.72. The number of carboxylic acids is 1. The van der Waals surface area contributed by atoms with Gasteiger partial charge in [0, 0.05) is 5.92 Å². The molecule has 1 aromatic heterocycles. The van der Waals surface area contributed by atoms with E-state index in [4.69, 9.17) is 5.11 Å². The number of rotatable bonds is 3. The summed E-state index contributed by atoms with van der Waals surface area (Å²) in [7, 11) is 0. The lowest BCUT2D eigenvalue weighted by atomic mass is 9.88. The van der Waals surface area contributed by atoms with Gasteiger partial charge in [0.15, 0.2) is 5.82 Å². The van der Waals surface area contributed by atoms with Gasteiger partial charge in [0.1, 0.15) is 0 Å². The minimum absolute atomic E-state index is 0.311. The molecule has 2 aromatic rings. The molecule has 6 heteroatoms. The van der Waals surface area contributed by atoms with Crippen molar-refractivity contribution >= 4 is 5.97 Å². The molecule has 1 saturated carbocycles. The van der Waals surface area contributed by atoms with Crippen LogP contribution >= 0.6 is 0 Å². The normalized spacial score (nSPS) is 16.0. The van der Waals surface area contributed by atoms with Crippen LogP contribution in [0.4, 0.5) is 0 Å². The molecule has 0 spiro atoms. The maximum atomic E-state index is 11.1. The first-order valence-corrected chi connectivity index (χ1v) is 7.29. The van der Waals surface area contributed by atoms with Crippen LogP contribution in [0.1, 0.15) is 59.8 Å². The highest BCUT2D eigenvalue weighted by atomic mass is 16.4. The van der Waals surface area contributed by atoms with E-state index in [9.17, 15) is 4.79 Å². The van der Waals surface area contributed by atoms with Gasteiger partial charge in [0.05, 0.1) is 11.3 Å². The van der Waals surface area contributed by atoms with Gasteiger partial charge in [-0.25, -0.2) is 4.79 Å². The molecule has 0 saturated heterocycles. The summed E-state index contributed by atoms with van der Waals surface area (Å²) >= 11 is 0. The fourth-order valence-corrected chi connectivity index (χ4v) is 3.01. The third-order valence-electron chi connectivity index (χ3n) is 4.15. The Morgan fingerprint density at radius 1 is 1.29 bits per heavy atom. The Labute approximate surface area is 122 Å². The molecule has 0 radical (unpaired) electrons. The molecule has 110 valence electrons. The Bertz CT molecular complexity index is 659. The lowest BCUT2D eigenvalue weighted by Gasteiger charge is -2.20. The van der Waals surface area contributed by atoms with E-state index in [2.05, 4.69) is 15.5 Å². The molecule has 1 heterocycles. The molecular formula is C15H18N4O2. The largest absolute Gasteiger partial charge is 0.478 e. The number of benzene rings is 1. The van der Waals surface area contributed by atoms with Gasteiger partial charge in [-0.2, -0.15) is 4.68 Å². The molecule has 0 amide bonds. The Balaban J connectivity index is 1.96. The number of hydrogen-bond acceptors (Lipinski definition) is 4. The highest BCUT2D eigenvalue weighted by molar-refractivity contribution is 5.89. The molecule has 0 aliphatic heterocycles. The van der Waals surface area contributed by atoms with Crippen LogP contribution in [-0.4, -0.2) is 31.3 Å². The van der Waals surface area contributed by atoms with Crippen molar-refractivity contribution in [2.45, 2.75) is 44.9 Å². The molecule has 1 fully saturated rings. The number of aromatic carboxylic acids is 1. The van der Waals surface area contributed by atoms with E-state index in [1.807, 2.05) is 6.07 Å². The fourth-order valence-electron chi connectivity index (χ4n) is 3.01. The average Bonchev–Trinajstić information content (AvgIpc) is 2.97. The van der Waals surface area contributed by atoms with Crippen LogP contribution in [0.15, 0.2) is 18.2 Å². The Morgan fingerprint density at radius 3 is 2.71 bits per heavy atom. The quantitative estimate of drug-likeness (QED) is 0.938. The minimum Gasteiger partial charge on any atom is -0.478 e. The summed E-state index contributed by atoms with van der Waals surface area (Å²) in [6.45, 7) is 1.79. The summed E-state index contributed by atoms with van der Waals surface area (Å²) in [5.41, 5.74) is 1.85. The fraction of sp³-hybridized carbons (Fsp3) is 0.467. The summed E-state index contributed by atoms with van der Waals surface area (Å²) in [5, 5.41) is 21.2. The van der Waals surface area contributed by atoms with Crippen molar-refractivity contribution in [2.24, 2.45) is 0 Å². The molecule has 1 N–H and O–H groups in total. The van der Waals surface area contributed by atoms with Gasteiger partial charge < -0.3 is 5.11 Å². The van der Waals surface area contributed by atoms with Crippen LogP contribution < -0.4 is 0 Å². The maximum Gasteiger partial charge on any atom is 0.335 e. The van der Waals surface area contributed by atoms with Crippen LogP contribution in [-0.2, 0) is 0 Å². The Kier molecular flexibility index (Phi) is 3.68. The van der Waals surface area contributed by atoms with E-state index in [0.717, 1.165) is 24.4 Å². The molecule has 0 atom stereocenters. The third kappa shape index (κ3) is 2.66. The number of nitrogens with zero attached hydrogens (tertiary/aromatic N) is 4. The number of tetrazole rings is 1. The molecular weight excluding hydrogens is 268 g/mol. The maximum absolute atomic E-state index is 11.1. The zero-order valence-corrected chi connectivity index (χ0v) is 12.0. The van der Waals surface area contributed by atoms with E-state index >= 15 is 0 Å². The summed E-state index contributed by atoms with van der Waals surface area (Å²) in [5.74, 6) is 0.369. The molecule has 3 rings (SSSR count). The van der Waals surface area contributed by atoms with Gasteiger partial charge in [-0.05, 0) is 54.0 Å². The number of aromatic nitrogens is 4. The van der Waals surface area contributed by atoms with Crippen molar-refractivity contribution in [1.82, 2.24) is 20.2 Å². The number of hydrogen-bond donors (Lipinski definition) is 1. The topological polar surface area (TPSA) is 80.9 Å². The molecule has 1 aromatic carbocycles. The number of carboxylic acid groups (broad SMARTS) is 1. The molecule has 0 unspecified atom stereocenters. The molecule has 6 nitrogen and oxygen atoms in total. The summed E-state index contributed by atoms with van der Waals surface area (Å²) in [6.07, 6.45) is 5.95. The van der Waals surface area contributed by atoms with Crippen LogP contribution in [0.2, 0.25) is 0 Å². The van der Waals surface area contributed by atoms with Gasteiger partial charge in [-0.15, -0.1) is 5.10 Å². The summed E-state index contributed by atoms with van der Waals surface area (Å²) in [6, 6.07) is 5.20. The molecule has 1 aliphatic rings. The average molecular weight is 286 g/mol. The minimum atomic E-state index is -0.914. The van der Waals surface area contributed by atoms with Gasteiger partial charge >= 0.3 is 5.97 Å².